The van der Waals surface area contributed by atoms with Crippen LogP contribution in [0.15, 0.2) is 48.8 Å². The van der Waals surface area contributed by atoms with Crippen molar-refractivity contribution in [1.82, 2.24) is 14.9 Å². The van der Waals surface area contributed by atoms with E-state index in [9.17, 15) is 14.0 Å². The molecule has 1 fully saturated rings. The van der Waals surface area contributed by atoms with Crippen molar-refractivity contribution in [2.75, 3.05) is 42.2 Å². The first-order chi connectivity index (χ1) is 17.4. The number of primary amides is 1. The lowest BCUT2D eigenvalue weighted by Gasteiger charge is -2.21. The molecule has 1 atom stereocenters. The number of nitrogens with two attached hydrogens (primary N) is 1. The zero-order valence-electron chi connectivity index (χ0n) is 20.0. The van der Waals surface area contributed by atoms with Gasteiger partial charge < -0.3 is 26.2 Å². The van der Waals surface area contributed by atoms with Crippen LogP contribution in [0.5, 0.6) is 0 Å². The average Bonchev–Trinajstić information content (AvgIpc) is 3.19. The lowest BCUT2D eigenvalue weighted by Crippen LogP contribution is -2.32. The molecule has 1 saturated heterocycles. The fraction of sp³-hybridized carbons (Fsp3) is 0.308. The molecule has 0 bridgehead atoms. The summed E-state index contributed by atoms with van der Waals surface area (Å²) >= 11 is 0. The summed E-state index contributed by atoms with van der Waals surface area (Å²) in [6.45, 7) is 2.15. The summed E-state index contributed by atoms with van der Waals surface area (Å²) in [6.07, 6.45) is 4.97. The van der Waals surface area contributed by atoms with Gasteiger partial charge in [0.2, 0.25) is 5.91 Å². The Morgan fingerprint density at radius 2 is 1.92 bits per heavy atom. The van der Waals surface area contributed by atoms with E-state index in [1.54, 1.807) is 29.3 Å². The maximum atomic E-state index is 14.5. The van der Waals surface area contributed by atoms with E-state index in [4.69, 9.17) is 5.73 Å². The van der Waals surface area contributed by atoms with Crippen molar-refractivity contribution < 1.29 is 14.0 Å². The standard InChI is InChI=1S/C26H28FN7O2/c1-33-10-9-24(35)34(12-11-33)17-6-8-22(29-14-17)32-23-13-21(18(15-30-23)26(28)36)31-20-7-5-16-3-2-4-19(27)25(16)20/h2-4,6,8,13-15,20H,5,7,9-12H2,1H3,(H2,28,36)(H2,29,30,31,32). The minimum atomic E-state index is -0.626. The number of hydrogen-bond donors (Lipinski definition) is 3. The highest BCUT2D eigenvalue weighted by Gasteiger charge is 2.27. The summed E-state index contributed by atoms with van der Waals surface area (Å²) in [4.78, 5) is 37.1. The van der Waals surface area contributed by atoms with Crippen molar-refractivity contribution in [3.8, 4) is 0 Å². The number of benzene rings is 1. The van der Waals surface area contributed by atoms with Gasteiger partial charge in [-0.25, -0.2) is 14.4 Å². The number of nitrogens with zero attached hydrogens (tertiary/aromatic N) is 4. The van der Waals surface area contributed by atoms with Crippen LogP contribution >= 0.6 is 0 Å². The molecule has 186 valence electrons. The number of pyridine rings is 2. The predicted octanol–water partition coefficient (Wildman–Crippen LogP) is 3.23. The number of carbonyl (C=O) groups excluding carboxylic acids is 2. The summed E-state index contributed by atoms with van der Waals surface area (Å²) in [5.41, 5.74) is 8.58. The van der Waals surface area contributed by atoms with Crippen molar-refractivity contribution in [3.63, 3.8) is 0 Å². The molecule has 0 saturated carbocycles. The maximum absolute atomic E-state index is 14.5. The number of anilines is 4. The van der Waals surface area contributed by atoms with Gasteiger partial charge in [0.1, 0.15) is 17.5 Å². The fourth-order valence-corrected chi connectivity index (χ4v) is 4.76. The number of rotatable bonds is 6. The topological polar surface area (TPSA) is 116 Å². The van der Waals surface area contributed by atoms with Crippen molar-refractivity contribution in [1.29, 1.82) is 0 Å². The van der Waals surface area contributed by atoms with Crippen molar-refractivity contribution in [3.05, 3.63) is 71.3 Å². The van der Waals surface area contributed by atoms with Gasteiger partial charge in [0.05, 0.1) is 29.2 Å². The molecule has 3 aromatic rings. The third-order valence-corrected chi connectivity index (χ3v) is 6.72. The molecule has 9 nitrogen and oxygen atoms in total. The zero-order valence-corrected chi connectivity index (χ0v) is 20.0. The number of aromatic nitrogens is 2. The Labute approximate surface area is 208 Å². The Hall–Kier alpha value is -4.05. The molecular formula is C26H28FN7O2. The number of carbonyl (C=O) groups is 2. The SMILES string of the molecule is CN1CCC(=O)N(c2ccc(Nc3cc(NC4CCc5cccc(F)c54)c(C(N)=O)cn3)nc2)CC1. The fourth-order valence-electron chi connectivity index (χ4n) is 4.76. The molecule has 0 spiro atoms. The summed E-state index contributed by atoms with van der Waals surface area (Å²) < 4.78 is 14.5. The quantitative estimate of drug-likeness (QED) is 0.487. The number of fused-ring (bicyclic) bond motifs is 1. The third-order valence-electron chi connectivity index (χ3n) is 6.72. The number of aryl methyl sites for hydroxylation is 1. The van der Waals surface area contributed by atoms with Gasteiger partial charge in [0.15, 0.2) is 0 Å². The van der Waals surface area contributed by atoms with E-state index in [-0.39, 0.29) is 23.3 Å². The predicted molar refractivity (Wildman–Crippen MR) is 136 cm³/mol. The largest absolute Gasteiger partial charge is 0.377 e. The average molecular weight is 490 g/mol. The molecule has 36 heavy (non-hydrogen) atoms. The summed E-state index contributed by atoms with van der Waals surface area (Å²) in [5.74, 6) is 0.154. The lowest BCUT2D eigenvalue weighted by atomic mass is 10.1. The van der Waals surface area contributed by atoms with E-state index in [2.05, 4.69) is 25.5 Å². The van der Waals surface area contributed by atoms with Crippen LogP contribution in [0.3, 0.4) is 0 Å². The van der Waals surface area contributed by atoms with Crippen LogP contribution in [0.1, 0.15) is 40.4 Å². The molecule has 1 aliphatic carbocycles. The van der Waals surface area contributed by atoms with Crippen molar-refractivity contribution in [2.24, 2.45) is 5.73 Å². The summed E-state index contributed by atoms with van der Waals surface area (Å²) in [5, 5.41) is 6.42. The molecule has 1 unspecified atom stereocenters. The van der Waals surface area contributed by atoms with Gasteiger partial charge in [-0.2, -0.15) is 0 Å². The second-order valence-electron chi connectivity index (χ2n) is 9.15. The Balaban J connectivity index is 1.35. The first kappa shape index (κ1) is 23.7. The van der Waals surface area contributed by atoms with Gasteiger partial charge in [0.25, 0.3) is 5.91 Å². The van der Waals surface area contributed by atoms with E-state index in [0.717, 1.165) is 30.8 Å². The highest BCUT2D eigenvalue weighted by Crippen LogP contribution is 2.36. The molecule has 2 aromatic heterocycles. The van der Waals surface area contributed by atoms with E-state index in [1.807, 2.05) is 19.2 Å². The lowest BCUT2D eigenvalue weighted by molar-refractivity contribution is -0.118. The van der Waals surface area contributed by atoms with E-state index >= 15 is 0 Å². The Bertz CT molecular complexity index is 1300. The van der Waals surface area contributed by atoms with Gasteiger partial charge in [-0.05, 0) is 43.7 Å². The molecule has 1 aromatic carbocycles. The van der Waals surface area contributed by atoms with Gasteiger partial charge in [-0.3, -0.25) is 9.59 Å². The van der Waals surface area contributed by atoms with Crippen molar-refractivity contribution >= 4 is 34.8 Å². The first-order valence-corrected chi connectivity index (χ1v) is 11.9. The van der Waals surface area contributed by atoms with E-state index < -0.39 is 5.91 Å². The number of hydrogen-bond acceptors (Lipinski definition) is 7. The molecule has 0 radical (unpaired) electrons. The molecule has 10 heteroatoms. The maximum Gasteiger partial charge on any atom is 0.252 e. The second kappa shape index (κ2) is 9.90. The second-order valence-corrected chi connectivity index (χ2v) is 9.15. The van der Waals surface area contributed by atoms with E-state index in [0.29, 0.717) is 42.3 Å². The monoisotopic (exact) mass is 489 g/mol. The number of amides is 2. The molecule has 4 N–H and O–H groups in total. The minimum Gasteiger partial charge on any atom is -0.377 e. The van der Waals surface area contributed by atoms with Crippen LogP contribution in [-0.2, 0) is 11.2 Å². The summed E-state index contributed by atoms with van der Waals surface area (Å²) in [7, 11) is 2.00. The third kappa shape index (κ3) is 4.85. The van der Waals surface area contributed by atoms with Crippen LogP contribution in [0, 0.1) is 5.82 Å². The van der Waals surface area contributed by atoms with Crippen molar-refractivity contribution in [2.45, 2.75) is 25.3 Å². The van der Waals surface area contributed by atoms with Gasteiger partial charge in [0, 0.05) is 43.9 Å². The van der Waals surface area contributed by atoms with Crippen LogP contribution in [0.4, 0.5) is 27.4 Å². The Morgan fingerprint density at radius 1 is 1.08 bits per heavy atom. The first-order valence-electron chi connectivity index (χ1n) is 11.9. The highest BCUT2D eigenvalue weighted by molar-refractivity contribution is 5.98. The minimum absolute atomic E-state index is 0.0752. The smallest absolute Gasteiger partial charge is 0.252 e. The van der Waals surface area contributed by atoms with Gasteiger partial charge in [-0.15, -0.1) is 0 Å². The Kier molecular flexibility index (Phi) is 6.51. The van der Waals surface area contributed by atoms with Crippen LogP contribution < -0.4 is 21.3 Å². The highest BCUT2D eigenvalue weighted by atomic mass is 19.1. The molecule has 2 amide bonds. The molecular weight excluding hydrogens is 461 g/mol. The molecule has 3 heterocycles. The van der Waals surface area contributed by atoms with Crippen LogP contribution in [0.25, 0.3) is 0 Å². The van der Waals surface area contributed by atoms with Crippen LogP contribution in [0.2, 0.25) is 0 Å². The number of likely N-dealkylation sites (N-methyl/N-ethyl adjacent to an activating group) is 1. The van der Waals surface area contributed by atoms with Gasteiger partial charge >= 0.3 is 0 Å². The zero-order chi connectivity index (χ0) is 25.2. The van der Waals surface area contributed by atoms with E-state index in [1.165, 1.54) is 12.3 Å². The normalized spacial score (nSPS) is 18.0. The van der Waals surface area contributed by atoms with Gasteiger partial charge in [-0.1, -0.05) is 12.1 Å². The number of nitrogens with one attached hydrogen (secondary N) is 2. The molecule has 1 aliphatic heterocycles. The summed E-state index contributed by atoms with van der Waals surface area (Å²) in [6, 6.07) is 10.1. The molecule has 2 aliphatic rings. The number of halogens is 1. The Morgan fingerprint density at radius 3 is 2.69 bits per heavy atom. The van der Waals surface area contributed by atoms with Crippen LogP contribution in [-0.4, -0.2) is 53.4 Å². The molecule has 5 rings (SSSR count).